The molecule has 10 nitrogen and oxygen atoms in total. The molecule has 0 saturated carbocycles. The largest absolute Gasteiger partial charge is 0.437 e. The quantitative estimate of drug-likeness (QED) is 0.116. The molecule has 11 heteroatoms. The molecule has 0 aliphatic heterocycles. The fraction of sp³-hybridized carbons (Fsp3) is 0.379. The summed E-state index contributed by atoms with van der Waals surface area (Å²) in [5.41, 5.74) is 4.77. The van der Waals surface area contributed by atoms with E-state index in [1.165, 1.54) is 6.08 Å². The van der Waals surface area contributed by atoms with Crippen LogP contribution >= 0.6 is 0 Å². The molecule has 3 aromatic heterocycles. The highest BCUT2D eigenvalue weighted by Crippen LogP contribution is 2.33. The van der Waals surface area contributed by atoms with Gasteiger partial charge in [0.2, 0.25) is 11.8 Å². The van der Waals surface area contributed by atoms with Gasteiger partial charge in [-0.1, -0.05) is 32.3 Å². The molecule has 1 aromatic carbocycles. The summed E-state index contributed by atoms with van der Waals surface area (Å²) in [6.45, 7) is 15.0. The number of aryl methyl sites for hydroxylation is 2. The van der Waals surface area contributed by atoms with Crippen LogP contribution in [0.4, 0.5) is 5.69 Å². The molecular weight excluding hydrogens is 524 g/mol. The highest BCUT2D eigenvalue weighted by Gasteiger charge is 2.19. The van der Waals surface area contributed by atoms with Gasteiger partial charge in [0.05, 0.1) is 11.9 Å². The van der Waals surface area contributed by atoms with Gasteiger partial charge in [-0.05, 0) is 37.6 Å². The number of aromatic nitrogens is 5. The molecule has 3 heterocycles. The Balaban J connectivity index is 1.65. The third kappa shape index (κ3) is 7.65. The van der Waals surface area contributed by atoms with E-state index in [9.17, 15) is 4.79 Å². The molecule has 4 aromatic rings. The molecule has 0 aliphatic rings. The Morgan fingerprint density at radius 2 is 2.00 bits per heavy atom. The van der Waals surface area contributed by atoms with Crippen LogP contribution in [0.25, 0.3) is 22.3 Å². The number of hydrogen-bond donors (Lipinski definition) is 1. The van der Waals surface area contributed by atoms with Crippen molar-refractivity contribution in [3.05, 3.63) is 61.2 Å². The van der Waals surface area contributed by atoms with Gasteiger partial charge >= 0.3 is 0 Å². The normalized spacial score (nSPS) is 11.6. The molecular formula is C29H38N6O4Si. The van der Waals surface area contributed by atoms with Gasteiger partial charge in [-0.2, -0.15) is 5.10 Å². The van der Waals surface area contributed by atoms with Crippen molar-refractivity contribution >= 4 is 30.8 Å². The maximum absolute atomic E-state index is 11.7. The average Bonchev–Trinajstić information content (AvgIpc) is 3.45. The van der Waals surface area contributed by atoms with Gasteiger partial charge < -0.3 is 24.1 Å². The summed E-state index contributed by atoms with van der Waals surface area (Å²) in [5, 5.41) is 7.45. The molecule has 1 amide bonds. The van der Waals surface area contributed by atoms with Gasteiger partial charge in [-0.25, -0.2) is 9.97 Å². The molecule has 0 radical (unpaired) electrons. The van der Waals surface area contributed by atoms with Gasteiger partial charge in [0.25, 0.3) is 0 Å². The Morgan fingerprint density at radius 1 is 1.18 bits per heavy atom. The molecule has 0 atom stereocenters. The van der Waals surface area contributed by atoms with E-state index < -0.39 is 8.07 Å². The van der Waals surface area contributed by atoms with Gasteiger partial charge in [0.1, 0.15) is 18.0 Å². The standard InChI is InChI=1S/C29H38N6O4Si/c1-7-26(36)31-22-10-8-11-23(16-22)39-27-17-30-29-28(32-27)25(18-34(29)20-38-14-15-40(4,5)6)24-19-35(33-21(24)2)12-9-13-37-3/h7-8,10-11,16-19H,1,9,12-15,20H2,2-6H3,(H,31,36). The van der Waals surface area contributed by atoms with Crippen LogP contribution in [0.15, 0.2) is 55.5 Å². The molecule has 4 rings (SSSR count). The van der Waals surface area contributed by atoms with Crippen LogP contribution in [0.1, 0.15) is 12.1 Å². The second-order valence-electron chi connectivity index (χ2n) is 10.8. The highest BCUT2D eigenvalue weighted by atomic mass is 28.3. The molecule has 0 bridgehead atoms. The first kappa shape index (κ1) is 29.2. The number of hydrogen-bond acceptors (Lipinski definition) is 7. The van der Waals surface area contributed by atoms with Crippen molar-refractivity contribution in [2.45, 2.75) is 52.3 Å². The number of methoxy groups -OCH3 is 1. The Morgan fingerprint density at radius 3 is 2.75 bits per heavy atom. The molecule has 212 valence electrons. The summed E-state index contributed by atoms with van der Waals surface area (Å²) in [6.07, 6.45) is 7.75. The van der Waals surface area contributed by atoms with E-state index in [4.69, 9.17) is 29.3 Å². The van der Waals surface area contributed by atoms with E-state index in [2.05, 4.69) is 31.5 Å². The molecule has 0 saturated heterocycles. The molecule has 0 fully saturated rings. The minimum absolute atomic E-state index is 0.297. The number of benzene rings is 1. The average molecular weight is 563 g/mol. The number of nitrogens with zero attached hydrogens (tertiary/aromatic N) is 5. The van der Waals surface area contributed by atoms with Crippen LogP contribution in [0.2, 0.25) is 25.7 Å². The summed E-state index contributed by atoms with van der Waals surface area (Å²) < 4.78 is 21.2. The second kappa shape index (κ2) is 13.0. The van der Waals surface area contributed by atoms with Gasteiger partial charge in [0, 0.05) is 70.2 Å². The smallest absolute Gasteiger partial charge is 0.247 e. The van der Waals surface area contributed by atoms with E-state index in [0.29, 0.717) is 48.4 Å². The van der Waals surface area contributed by atoms with Crippen molar-refractivity contribution < 1.29 is 19.0 Å². The van der Waals surface area contributed by atoms with Crippen molar-refractivity contribution in [3.63, 3.8) is 0 Å². The van der Waals surface area contributed by atoms with Crippen LogP contribution in [0.5, 0.6) is 11.6 Å². The lowest BCUT2D eigenvalue weighted by atomic mass is 10.1. The van der Waals surface area contributed by atoms with Crippen LogP contribution in [0.3, 0.4) is 0 Å². The maximum Gasteiger partial charge on any atom is 0.247 e. The predicted octanol–water partition coefficient (Wildman–Crippen LogP) is 5.87. The topological polar surface area (TPSA) is 105 Å². The molecule has 1 N–H and O–H groups in total. The van der Waals surface area contributed by atoms with Crippen LogP contribution < -0.4 is 10.1 Å². The van der Waals surface area contributed by atoms with Crippen molar-refractivity contribution in [3.8, 4) is 22.8 Å². The monoisotopic (exact) mass is 562 g/mol. The lowest BCUT2D eigenvalue weighted by Crippen LogP contribution is -2.22. The van der Waals surface area contributed by atoms with E-state index in [0.717, 1.165) is 35.8 Å². The summed E-state index contributed by atoms with van der Waals surface area (Å²) in [5.74, 6) is 0.561. The number of nitrogens with one attached hydrogen (secondary N) is 1. The molecule has 40 heavy (non-hydrogen) atoms. The fourth-order valence-corrected chi connectivity index (χ4v) is 4.90. The first-order valence-electron chi connectivity index (χ1n) is 13.3. The van der Waals surface area contributed by atoms with E-state index in [-0.39, 0.29) is 5.91 Å². The molecule has 0 unspecified atom stereocenters. The minimum Gasteiger partial charge on any atom is -0.437 e. The molecule has 0 aliphatic carbocycles. The minimum atomic E-state index is -1.20. The van der Waals surface area contributed by atoms with Crippen molar-refractivity contribution in [2.75, 3.05) is 25.6 Å². The third-order valence-electron chi connectivity index (χ3n) is 6.25. The zero-order valence-corrected chi connectivity index (χ0v) is 24.9. The number of ether oxygens (including phenoxy) is 3. The molecule has 0 spiro atoms. The summed E-state index contributed by atoms with van der Waals surface area (Å²) >= 11 is 0. The Kier molecular flexibility index (Phi) is 9.51. The van der Waals surface area contributed by atoms with Crippen molar-refractivity contribution in [1.82, 2.24) is 24.3 Å². The van der Waals surface area contributed by atoms with Crippen LogP contribution in [-0.4, -0.2) is 58.6 Å². The van der Waals surface area contributed by atoms with Crippen molar-refractivity contribution in [2.24, 2.45) is 0 Å². The Labute approximate surface area is 236 Å². The third-order valence-corrected chi connectivity index (χ3v) is 7.96. The fourth-order valence-electron chi connectivity index (χ4n) is 4.14. The van der Waals surface area contributed by atoms with Gasteiger partial charge in [-0.3, -0.25) is 9.48 Å². The van der Waals surface area contributed by atoms with E-state index >= 15 is 0 Å². The predicted molar refractivity (Wildman–Crippen MR) is 159 cm³/mol. The van der Waals surface area contributed by atoms with E-state index in [1.54, 1.807) is 37.6 Å². The van der Waals surface area contributed by atoms with Crippen molar-refractivity contribution in [1.29, 1.82) is 0 Å². The van der Waals surface area contributed by atoms with Crippen LogP contribution in [0, 0.1) is 6.92 Å². The van der Waals surface area contributed by atoms with E-state index in [1.807, 2.05) is 28.6 Å². The number of carbonyl (C=O) groups excluding carboxylic acids is 1. The highest BCUT2D eigenvalue weighted by molar-refractivity contribution is 6.76. The summed E-state index contributed by atoms with van der Waals surface area (Å²) in [7, 11) is 0.498. The van der Waals surface area contributed by atoms with Gasteiger partial charge in [-0.15, -0.1) is 0 Å². The number of amides is 1. The zero-order chi connectivity index (χ0) is 28.7. The lowest BCUT2D eigenvalue weighted by Gasteiger charge is -2.15. The maximum atomic E-state index is 11.7. The number of rotatable bonds is 14. The lowest BCUT2D eigenvalue weighted by molar-refractivity contribution is -0.111. The van der Waals surface area contributed by atoms with Gasteiger partial charge in [0.15, 0.2) is 5.65 Å². The number of carbonyl (C=O) groups is 1. The van der Waals surface area contributed by atoms with Crippen LogP contribution in [-0.2, 0) is 27.5 Å². The summed E-state index contributed by atoms with van der Waals surface area (Å²) in [4.78, 5) is 21.3. The second-order valence-corrected chi connectivity index (χ2v) is 16.4. The Bertz CT molecular complexity index is 1470. The first-order chi connectivity index (χ1) is 19.2. The zero-order valence-electron chi connectivity index (χ0n) is 23.9. The number of fused-ring (bicyclic) bond motifs is 1. The first-order valence-corrected chi connectivity index (χ1v) is 17.1. The SMILES string of the molecule is C=CC(=O)Nc1cccc(Oc2cnc3c(n2)c(-c2cn(CCCOC)nc2C)cn3COCC[Si](C)(C)C)c1. The Hall–Kier alpha value is -3.80. The summed E-state index contributed by atoms with van der Waals surface area (Å²) in [6, 6.07) is 8.17. The number of anilines is 1.